The van der Waals surface area contributed by atoms with Crippen molar-refractivity contribution in [2.75, 3.05) is 0 Å². The highest BCUT2D eigenvalue weighted by Gasteiger charge is 2.35. The minimum absolute atomic E-state index is 0.168. The molecule has 1 heterocycles. The molecule has 6 N–H and O–H groups in total. The SMILES string of the molecule is NC(=O)[C@H](CCC(=O)O)NC(=O)C[C@@H]1NC(=O)[C@H](Cc2ccccc2)NC1=O. The number of benzene rings is 1. The minimum atomic E-state index is -1.17. The maximum absolute atomic E-state index is 12.2. The molecule has 0 saturated carbocycles. The van der Waals surface area contributed by atoms with E-state index in [1.807, 2.05) is 30.3 Å². The summed E-state index contributed by atoms with van der Waals surface area (Å²) in [6.45, 7) is 0. The molecule has 0 spiro atoms. The zero-order chi connectivity index (χ0) is 20.7. The Bertz CT molecular complexity index is 767. The molecule has 0 bridgehead atoms. The molecule has 4 amide bonds. The summed E-state index contributed by atoms with van der Waals surface area (Å²) in [6, 6.07) is 6.15. The van der Waals surface area contributed by atoms with Gasteiger partial charge in [-0.25, -0.2) is 0 Å². The fourth-order valence-electron chi connectivity index (χ4n) is 2.80. The van der Waals surface area contributed by atoms with Gasteiger partial charge in [0.05, 0.1) is 6.42 Å². The normalized spacial score (nSPS) is 19.9. The van der Waals surface area contributed by atoms with E-state index in [2.05, 4.69) is 16.0 Å². The molecule has 10 nitrogen and oxygen atoms in total. The zero-order valence-corrected chi connectivity index (χ0v) is 15.0. The molecule has 1 aliphatic heterocycles. The van der Waals surface area contributed by atoms with Crippen LogP contribution in [0.3, 0.4) is 0 Å². The van der Waals surface area contributed by atoms with E-state index in [-0.39, 0.29) is 12.8 Å². The van der Waals surface area contributed by atoms with Crippen LogP contribution in [-0.4, -0.2) is 52.8 Å². The van der Waals surface area contributed by atoms with Crippen LogP contribution in [0.25, 0.3) is 0 Å². The standard InChI is InChI=1S/C18H22N4O6/c19-16(26)11(6-7-15(24)25)20-14(23)9-13-18(28)21-12(17(27)22-13)8-10-4-2-1-3-5-10/h1-5,11-13H,6-9H2,(H2,19,26)(H,20,23)(H,21,28)(H,22,27)(H,24,25)/t11-,12-,13-/m0/s1. The second kappa shape index (κ2) is 9.49. The predicted molar refractivity (Wildman–Crippen MR) is 96.6 cm³/mol. The van der Waals surface area contributed by atoms with E-state index in [0.717, 1.165) is 5.56 Å². The maximum Gasteiger partial charge on any atom is 0.303 e. The summed E-state index contributed by atoms with van der Waals surface area (Å²) < 4.78 is 0. The van der Waals surface area contributed by atoms with Crippen LogP contribution in [0, 0.1) is 0 Å². The average Bonchev–Trinajstić information content (AvgIpc) is 2.63. The van der Waals surface area contributed by atoms with E-state index in [1.54, 1.807) is 0 Å². The third-order valence-electron chi connectivity index (χ3n) is 4.26. The lowest BCUT2D eigenvalue weighted by Gasteiger charge is -2.29. The predicted octanol–water partition coefficient (Wildman–Crippen LogP) is -1.56. The highest BCUT2D eigenvalue weighted by molar-refractivity contribution is 5.99. The molecule has 1 aliphatic rings. The fourth-order valence-corrected chi connectivity index (χ4v) is 2.80. The smallest absolute Gasteiger partial charge is 0.303 e. The minimum Gasteiger partial charge on any atom is -0.481 e. The quantitative estimate of drug-likeness (QED) is 0.342. The highest BCUT2D eigenvalue weighted by atomic mass is 16.4. The first-order valence-electron chi connectivity index (χ1n) is 8.71. The number of carboxylic acid groups (broad SMARTS) is 1. The molecule has 0 radical (unpaired) electrons. The summed E-state index contributed by atoms with van der Waals surface area (Å²) in [6.07, 6.45) is -0.600. The second-order valence-corrected chi connectivity index (χ2v) is 6.47. The summed E-state index contributed by atoms with van der Waals surface area (Å²) >= 11 is 0. The van der Waals surface area contributed by atoms with Crippen molar-refractivity contribution in [2.24, 2.45) is 5.73 Å². The van der Waals surface area contributed by atoms with Gasteiger partial charge >= 0.3 is 5.97 Å². The van der Waals surface area contributed by atoms with Crippen LogP contribution in [0.5, 0.6) is 0 Å². The van der Waals surface area contributed by atoms with Gasteiger partial charge in [0, 0.05) is 12.8 Å². The number of amides is 4. The Morgan fingerprint density at radius 1 is 1.07 bits per heavy atom. The van der Waals surface area contributed by atoms with Crippen LogP contribution < -0.4 is 21.7 Å². The van der Waals surface area contributed by atoms with E-state index >= 15 is 0 Å². The van der Waals surface area contributed by atoms with E-state index < -0.39 is 54.1 Å². The van der Waals surface area contributed by atoms with Crippen LogP contribution in [0.15, 0.2) is 30.3 Å². The van der Waals surface area contributed by atoms with E-state index in [9.17, 15) is 24.0 Å². The van der Waals surface area contributed by atoms with Gasteiger partial charge in [-0.2, -0.15) is 0 Å². The number of nitrogens with one attached hydrogen (secondary N) is 3. The number of hydrogen-bond acceptors (Lipinski definition) is 5. The van der Waals surface area contributed by atoms with Gasteiger partial charge in [-0.15, -0.1) is 0 Å². The number of primary amides is 1. The van der Waals surface area contributed by atoms with Crippen molar-refractivity contribution in [2.45, 2.75) is 43.8 Å². The lowest BCUT2D eigenvalue weighted by Crippen LogP contribution is -2.63. The lowest BCUT2D eigenvalue weighted by atomic mass is 10.0. The Morgan fingerprint density at radius 2 is 1.68 bits per heavy atom. The van der Waals surface area contributed by atoms with Crippen LogP contribution in [0.2, 0.25) is 0 Å². The number of carbonyl (C=O) groups is 5. The van der Waals surface area contributed by atoms with Crippen LogP contribution >= 0.6 is 0 Å². The lowest BCUT2D eigenvalue weighted by molar-refractivity contribution is -0.139. The summed E-state index contributed by atoms with van der Waals surface area (Å²) in [5.74, 6) is -3.65. The van der Waals surface area contributed by atoms with Gasteiger partial charge in [0.15, 0.2) is 0 Å². The van der Waals surface area contributed by atoms with Crippen LogP contribution in [0.1, 0.15) is 24.8 Å². The summed E-state index contributed by atoms with van der Waals surface area (Å²) in [4.78, 5) is 58.5. The first-order valence-corrected chi connectivity index (χ1v) is 8.71. The number of rotatable bonds is 9. The van der Waals surface area contributed by atoms with Crippen molar-refractivity contribution in [3.8, 4) is 0 Å². The van der Waals surface area contributed by atoms with Crippen molar-refractivity contribution in [3.63, 3.8) is 0 Å². The van der Waals surface area contributed by atoms with Crippen molar-refractivity contribution in [1.29, 1.82) is 0 Å². The molecule has 10 heteroatoms. The topological polar surface area (TPSA) is 168 Å². The van der Waals surface area contributed by atoms with Crippen LogP contribution in [0.4, 0.5) is 0 Å². The third kappa shape index (κ3) is 6.08. The van der Waals surface area contributed by atoms with Crippen molar-refractivity contribution < 1.29 is 29.1 Å². The molecule has 1 fully saturated rings. The van der Waals surface area contributed by atoms with Crippen molar-refractivity contribution in [1.82, 2.24) is 16.0 Å². The van der Waals surface area contributed by atoms with E-state index in [1.165, 1.54) is 0 Å². The molecule has 1 aromatic carbocycles. The molecule has 28 heavy (non-hydrogen) atoms. The highest BCUT2D eigenvalue weighted by Crippen LogP contribution is 2.09. The number of carbonyl (C=O) groups excluding carboxylic acids is 4. The number of nitrogens with two attached hydrogens (primary N) is 1. The molecule has 2 rings (SSSR count). The largest absolute Gasteiger partial charge is 0.481 e. The summed E-state index contributed by atoms with van der Waals surface area (Å²) in [5.41, 5.74) is 6.03. The van der Waals surface area contributed by atoms with Gasteiger partial charge in [0.2, 0.25) is 23.6 Å². The Labute approximate surface area is 160 Å². The van der Waals surface area contributed by atoms with Gasteiger partial charge in [0.25, 0.3) is 0 Å². The number of hydrogen-bond donors (Lipinski definition) is 5. The van der Waals surface area contributed by atoms with E-state index in [4.69, 9.17) is 10.8 Å². The Hall–Kier alpha value is -3.43. The monoisotopic (exact) mass is 390 g/mol. The fraction of sp³-hybridized carbons (Fsp3) is 0.389. The Kier molecular flexibility index (Phi) is 7.08. The summed E-state index contributed by atoms with van der Waals surface area (Å²) in [5, 5.41) is 16.0. The molecule has 150 valence electrons. The van der Waals surface area contributed by atoms with Gasteiger partial charge in [-0.3, -0.25) is 24.0 Å². The average molecular weight is 390 g/mol. The summed E-state index contributed by atoms with van der Waals surface area (Å²) in [7, 11) is 0. The molecule has 3 atom stereocenters. The van der Waals surface area contributed by atoms with Gasteiger partial charge < -0.3 is 26.8 Å². The molecule has 0 aliphatic carbocycles. The van der Waals surface area contributed by atoms with Crippen molar-refractivity contribution in [3.05, 3.63) is 35.9 Å². The molecule has 0 unspecified atom stereocenters. The van der Waals surface area contributed by atoms with Gasteiger partial charge in [-0.1, -0.05) is 30.3 Å². The van der Waals surface area contributed by atoms with Crippen molar-refractivity contribution >= 4 is 29.6 Å². The Morgan fingerprint density at radius 3 is 2.29 bits per heavy atom. The molecule has 1 aromatic rings. The maximum atomic E-state index is 12.2. The number of carboxylic acids is 1. The molecule has 1 saturated heterocycles. The molecular formula is C18H22N4O6. The Balaban J connectivity index is 1.89. The third-order valence-corrected chi connectivity index (χ3v) is 4.26. The number of piperazine rings is 1. The molecular weight excluding hydrogens is 368 g/mol. The first-order chi connectivity index (χ1) is 13.3. The van der Waals surface area contributed by atoms with E-state index in [0.29, 0.717) is 6.42 Å². The van der Waals surface area contributed by atoms with Crippen LogP contribution in [-0.2, 0) is 30.4 Å². The second-order valence-electron chi connectivity index (χ2n) is 6.47. The van der Waals surface area contributed by atoms with Gasteiger partial charge in [0.1, 0.15) is 18.1 Å². The zero-order valence-electron chi connectivity index (χ0n) is 15.0. The molecule has 0 aromatic heterocycles. The number of aliphatic carboxylic acids is 1. The first kappa shape index (κ1) is 20.9. The van der Waals surface area contributed by atoms with Gasteiger partial charge in [-0.05, 0) is 12.0 Å².